The Labute approximate surface area is 326 Å². The third-order valence-electron chi connectivity index (χ3n) is 11.6. The highest BCUT2D eigenvalue weighted by atomic mass is 14.2. The van der Waals surface area contributed by atoms with E-state index in [1.54, 1.807) is 0 Å². The molecular formula is C56H36. The standard InChI is InChI=1S/C56H36/c1-2-15-37(16-3-1)41-31-32-53-54(36-41)56(50-30-14-22-40-19-6-9-25-47(40)50)52-27-11-10-26-51(52)55(53)44-34-42(48-28-12-20-38-17-4-7-23-45(38)48)33-43(35-44)49-29-13-21-39-18-5-8-24-46(39)49/h1-36H. The van der Waals surface area contributed by atoms with Crippen molar-refractivity contribution >= 4 is 53.9 Å². The van der Waals surface area contributed by atoms with Gasteiger partial charge >= 0.3 is 0 Å². The van der Waals surface area contributed by atoms with Crippen molar-refractivity contribution in [3.05, 3.63) is 218 Å². The van der Waals surface area contributed by atoms with Crippen LogP contribution < -0.4 is 0 Å². The molecule has 0 N–H and O–H groups in total. The van der Waals surface area contributed by atoms with Crippen LogP contribution in [0.1, 0.15) is 0 Å². The Morgan fingerprint density at radius 3 is 1.16 bits per heavy atom. The first-order valence-corrected chi connectivity index (χ1v) is 19.4. The second-order valence-electron chi connectivity index (χ2n) is 14.8. The molecule has 11 aromatic rings. The third kappa shape index (κ3) is 5.30. The largest absolute Gasteiger partial charge is 0.0622 e. The van der Waals surface area contributed by atoms with E-state index in [1.807, 2.05) is 0 Å². The predicted molar refractivity (Wildman–Crippen MR) is 241 cm³/mol. The summed E-state index contributed by atoms with van der Waals surface area (Å²) in [5, 5.41) is 12.5. The molecule has 0 bridgehead atoms. The van der Waals surface area contributed by atoms with E-state index < -0.39 is 0 Å². The van der Waals surface area contributed by atoms with Gasteiger partial charge in [-0.3, -0.25) is 0 Å². The van der Waals surface area contributed by atoms with Crippen molar-refractivity contribution in [1.29, 1.82) is 0 Å². The van der Waals surface area contributed by atoms with E-state index in [9.17, 15) is 0 Å². The molecule has 0 nitrogen and oxygen atoms in total. The number of benzene rings is 11. The lowest BCUT2D eigenvalue weighted by molar-refractivity contribution is 1.61. The summed E-state index contributed by atoms with van der Waals surface area (Å²) in [5.41, 5.74) is 12.3. The zero-order chi connectivity index (χ0) is 37.0. The number of fused-ring (bicyclic) bond motifs is 5. The highest BCUT2D eigenvalue weighted by Gasteiger charge is 2.20. The molecule has 0 radical (unpaired) electrons. The Balaban J connectivity index is 1.28. The van der Waals surface area contributed by atoms with Gasteiger partial charge in [-0.1, -0.05) is 194 Å². The minimum absolute atomic E-state index is 1.21. The Morgan fingerprint density at radius 1 is 0.179 bits per heavy atom. The van der Waals surface area contributed by atoms with Crippen molar-refractivity contribution < 1.29 is 0 Å². The first kappa shape index (κ1) is 32.2. The van der Waals surface area contributed by atoms with Crippen molar-refractivity contribution in [2.24, 2.45) is 0 Å². The molecule has 260 valence electrons. The van der Waals surface area contributed by atoms with Gasteiger partial charge in [-0.2, -0.15) is 0 Å². The van der Waals surface area contributed by atoms with Crippen LogP contribution in [0.3, 0.4) is 0 Å². The summed E-state index contributed by atoms with van der Waals surface area (Å²) in [4.78, 5) is 0. The molecule has 0 heterocycles. The first-order valence-electron chi connectivity index (χ1n) is 19.4. The van der Waals surface area contributed by atoms with E-state index in [1.165, 1.54) is 109 Å². The minimum Gasteiger partial charge on any atom is -0.0622 e. The summed E-state index contributed by atoms with van der Waals surface area (Å²) in [6.45, 7) is 0. The van der Waals surface area contributed by atoms with Gasteiger partial charge in [0.1, 0.15) is 0 Å². The minimum atomic E-state index is 1.21. The van der Waals surface area contributed by atoms with Crippen LogP contribution >= 0.6 is 0 Å². The number of hydrogen-bond donors (Lipinski definition) is 0. The molecular weight excluding hydrogens is 673 g/mol. The highest BCUT2D eigenvalue weighted by Crippen LogP contribution is 2.48. The lowest BCUT2D eigenvalue weighted by Gasteiger charge is -2.21. The van der Waals surface area contributed by atoms with E-state index in [4.69, 9.17) is 0 Å². The second kappa shape index (κ2) is 13.2. The Kier molecular flexibility index (Phi) is 7.60. The van der Waals surface area contributed by atoms with Gasteiger partial charge in [-0.05, 0) is 134 Å². The Hall–Kier alpha value is -7.28. The quantitative estimate of drug-likeness (QED) is 0.156. The van der Waals surface area contributed by atoms with Crippen LogP contribution in [0, 0.1) is 0 Å². The molecule has 0 heteroatoms. The number of rotatable bonds is 5. The lowest BCUT2D eigenvalue weighted by Crippen LogP contribution is -1.94. The smallest absolute Gasteiger partial charge is 0.00199 e. The molecule has 0 aliphatic heterocycles. The van der Waals surface area contributed by atoms with Gasteiger partial charge in [0.25, 0.3) is 0 Å². The van der Waals surface area contributed by atoms with Crippen molar-refractivity contribution in [2.75, 3.05) is 0 Å². The molecule has 0 unspecified atom stereocenters. The van der Waals surface area contributed by atoms with E-state index in [-0.39, 0.29) is 0 Å². The Bertz CT molecular complexity index is 3180. The Morgan fingerprint density at radius 2 is 0.589 bits per heavy atom. The van der Waals surface area contributed by atoms with Gasteiger partial charge in [0.15, 0.2) is 0 Å². The summed E-state index contributed by atoms with van der Waals surface area (Å²) in [5.74, 6) is 0. The molecule has 56 heavy (non-hydrogen) atoms. The van der Waals surface area contributed by atoms with Crippen LogP contribution in [0.15, 0.2) is 218 Å². The molecule has 0 fully saturated rings. The maximum Gasteiger partial charge on any atom is -0.00199 e. The van der Waals surface area contributed by atoms with Crippen LogP contribution in [-0.2, 0) is 0 Å². The van der Waals surface area contributed by atoms with Gasteiger partial charge < -0.3 is 0 Å². The van der Waals surface area contributed by atoms with Crippen LogP contribution in [0.25, 0.3) is 109 Å². The predicted octanol–water partition coefficient (Wildman–Crippen LogP) is 15.8. The zero-order valence-corrected chi connectivity index (χ0v) is 30.8. The normalized spacial score (nSPS) is 11.6. The average Bonchev–Trinajstić information content (AvgIpc) is 3.27. The molecule has 0 aromatic heterocycles. The molecule has 0 spiro atoms. The molecule has 0 aliphatic carbocycles. The fourth-order valence-electron chi connectivity index (χ4n) is 9.07. The monoisotopic (exact) mass is 708 g/mol. The maximum absolute atomic E-state index is 2.43. The summed E-state index contributed by atoms with van der Waals surface area (Å²) in [6, 6.07) is 80.6. The maximum atomic E-state index is 2.43. The summed E-state index contributed by atoms with van der Waals surface area (Å²) < 4.78 is 0. The zero-order valence-electron chi connectivity index (χ0n) is 30.8. The van der Waals surface area contributed by atoms with E-state index in [0.717, 1.165) is 0 Å². The molecule has 0 aliphatic rings. The molecule has 11 rings (SSSR count). The lowest BCUT2D eigenvalue weighted by atomic mass is 9.82. The molecule has 0 amide bonds. The summed E-state index contributed by atoms with van der Waals surface area (Å²) in [7, 11) is 0. The summed E-state index contributed by atoms with van der Waals surface area (Å²) in [6.07, 6.45) is 0. The highest BCUT2D eigenvalue weighted by molar-refractivity contribution is 6.24. The molecule has 11 aromatic carbocycles. The van der Waals surface area contributed by atoms with Gasteiger partial charge in [-0.15, -0.1) is 0 Å². The third-order valence-corrected chi connectivity index (χ3v) is 11.6. The van der Waals surface area contributed by atoms with E-state index in [2.05, 4.69) is 218 Å². The van der Waals surface area contributed by atoms with Crippen molar-refractivity contribution in [2.45, 2.75) is 0 Å². The van der Waals surface area contributed by atoms with Crippen LogP contribution in [0.4, 0.5) is 0 Å². The fourth-order valence-corrected chi connectivity index (χ4v) is 9.07. The molecule has 0 saturated heterocycles. The van der Waals surface area contributed by atoms with E-state index in [0.29, 0.717) is 0 Å². The van der Waals surface area contributed by atoms with Crippen molar-refractivity contribution in [3.63, 3.8) is 0 Å². The van der Waals surface area contributed by atoms with Gasteiger partial charge in [0, 0.05) is 0 Å². The van der Waals surface area contributed by atoms with Crippen LogP contribution in [-0.4, -0.2) is 0 Å². The fraction of sp³-hybridized carbons (Fsp3) is 0. The molecule has 0 atom stereocenters. The molecule has 0 saturated carbocycles. The van der Waals surface area contributed by atoms with Crippen molar-refractivity contribution in [1.82, 2.24) is 0 Å². The van der Waals surface area contributed by atoms with Gasteiger partial charge in [0.2, 0.25) is 0 Å². The summed E-state index contributed by atoms with van der Waals surface area (Å²) >= 11 is 0. The van der Waals surface area contributed by atoms with E-state index >= 15 is 0 Å². The average molecular weight is 709 g/mol. The van der Waals surface area contributed by atoms with Crippen LogP contribution in [0.2, 0.25) is 0 Å². The van der Waals surface area contributed by atoms with Gasteiger partial charge in [-0.25, -0.2) is 0 Å². The van der Waals surface area contributed by atoms with Crippen LogP contribution in [0.5, 0.6) is 0 Å². The first-order chi connectivity index (χ1) is 27.8. The number of hydrogen-bond acceptors (Lipinski definition) is 0. The van der Waals surface area contributed by atoms with Gasteiger partial charge in [0.05, 0.1) is 0 Å². The SMILES string of the molecule is c1ccc(-c2ccc3c(-c4cc(-c5cccc6ccccc56)cc(-c5cccc6ccccc56)c4)c4ccccc4c(-c4cccc5ccccc45)c3c2)cc1. The van der Waals surface area contributed by atoms with Crippen molar-refractivity contribution in [3.8, 4) is 55.6 Å². The topological polar surface area (TPSA) is 0 Å². The second-order valence-corrected chi connectivity index (χ2v) is 14.8.